The highest BCUT2D eigenvalue weighted by molar-refractivity contribution is 7.90. The Kier molecular flexibility index (Phi) is 3.70. The molecule has 1 aromatic carbocycles. The van der Waals surface area contributed by atoms with Gasteiger partial charge in [-0.25, -0.2) is 0 Å². The van der Waals surface area contributed by atoms with Gasteiger partial charge in [-0.1, -0.05) is 12.1 Å². The SMILES string of the molecule is B[C@]1(N[S+]([O-])C(C)(C)C)CCc2c(C#N)cccc21. The summed E-state index contributed by atoms with van der Waals surface area (Å²) in [6, 6.07) is 8.04. The third-order valence-electron chi connectivity index (χ3n) is 3.64. The number of nitrogens with one attached hydrogen (secondary N) is 1. The van der Waals surface area contributed by atoms with Crippen molar-refractivity contribution in [3.8, 4) is 6.07 Å². The molecule has 3 nitrogen and oxygen atoms in total. The molecule has 0 saturated carbocycles. The fourth-order valence-corrected chi connectivity index (χ4v) is 3.38. The van der Waals surface area contributed by atoms with Crippen LogP contribution < -0.4 is 4.72 Å². The Bertz CT molecular complexity index is 535. The number of hydrogen-bond donors (Lipinski definition) is 1. The lowest BCUT2D eigenvalue weighted by Crippen LogP contribution is -2.50. The molecule has 0 fully saturated rings. The van der Waals surface area contributed by atoms with E-state index in [-0.39, 0.29) is 10.2 Å². The molecule has 0 spiro atoms. The van der Waals surface area contributed by atoms with Crippen LogP contribution in [0.4, 0.5) is 0 Å². The minimum Gasteiger partial charge on any atom is -0.598 e. The van der Waals surface area contributed by atoms with E-state index in [2.05, 4.69) is 18.6 Å². The topological polar surface area (TPSA) is 58.9 Å². The zero-order valence-corrected chi connectivity index (χ0v) is 12.7. The van der Waals surface area contributed by atoms with Gasteiger partial charge in [0.2, 0.25) is 0 Å². The zero-order chi connectivity index (χ0) is 14.3. The maximum Gasteiger partial charge on any atom is 0.139 e. The van der Waals surface area contributed by atoms with Crippen LogP contribution in [0.1, 0.15) is 43.9 Å². The van der Waals surface area contributed by atoms with Crippen LogP contribution >= 0.6 is 0 Å². The van der Waals surface area contributed by atoms with Crippen LogP contribution in [-0.2, 0) is 23.2 Å². The molecule has 0 saturated heterocycles. The molecule has 2 rings (SSSR count). The summed E-state index contributed by atoms with van der Waals surface area (Å²) in [6.45, 7) is 5.88. The van der Waals surface area contributed by atoms with Crippen LogP contribution in [0.2, 0.25) is 0 Å². The molecule has 0 heterocycles. The van der Waals surface area contributed by atoms with Crippen LogP contribution in [0.5, 0.6) is 0 Å². The van der Waals surface area contributed by atoms with Gasteiger partial charge in [0, 0.05) is 11.4 Å². The first-order chi connectivity index (χ1) is 8.78. The Morgan fingerprint density at radius 1 is 1.47 bits per heavy atom. The van der Waals surface area contributed by atoms with E-state index in [4.69, 9.17) is 5.26 Å². The van der Waals surface area contributed by atoms with E-state index in [1.165, 1.54) is 0 Å². The number of rotatable bonds is 2. The van der Waals surface area contributed by atoms with Crippen molar-refractivity contribution < 1.29 is 4.55 Å². The van der Waals surface area contributed by atoms with Crippen molar-refractivity contribution >= 4 is 19.2 Å². The number of hydrogen-bond acceptors (Lipinski definition) is 3. The Hall–Kier alpha value is -0.955. The van der Waals surface area contributed by atoms with E-state index in [1.54, 1.807) is 0 Å². The van der Waals surface area contributed by atoms with E-state index in [0.29, 0.717) is 0 Å². The van der Waals surface area contributed by atoms with Crippen molar-refractivity contribution in [2.45, 2.75) is 43.8 Å². The monoisotopic (exact) mass is 274 g/mol. The van der Waals surface area contributed by atoms with Gasteiger partial charge in [-0.2, -0.15) is 5.26 Å². The van der Waals surface area contributed by atoms with Gasteiger partial charge in [0.25, 0.3) is 0 Å². The van der Waals surface area contributed by atoms with Crippen LogP contribution in [0.25, 0.3) is 0 Å². The summed E-state index contributed by atoms with van der Waals surface area (Å²) < 4.78 is 15.3. The molecule has 1 N–H and O–H groups in total. The van der Waals surface area contributed by atoms with Crippen molar-refractivity contribution in [2.24, 2.45) is 0 Å². The van der Waals surface area contributed by atoms with Gasteiger partial charge in [0.05, 0.1) is 17.1 Å². The molecule has 1 unspecified atom stereocenters. The summed E-state index contributed by atoms with van der Waals surface area (Å²) in [6.07, 6.45) is 1.74. The Labute approximate surface area is 119 Å². The molecule has 100 valence electrons. The van der Waals surface area contributed by atoms with E-state index >= 15 is 0 Å². The lowest BCUT2D eigenvalue weighted by molar-refractivity contribution is 0.498. The zero-order valence-electron chi connectivity index (χ0n) is 11.9. The van der Waals surface area contributed by atoms with Gasteiger partial charge in [0.15, 0.2) is 0 Å². The number of benzene rings is 1. The molecule has 1 aliphatic carbocycles. The number of nitriles is 1. The predicted molar refractivity (Wildman–Crippen MR) is 80.7 cm³/mol. The van der Waals surface area contributed by atoms with Crippen molar-refractivity contribution in [3.05, 3.63) is 34.9 Å². The molecule has 19 heavy (non-hydrogen) atoms. The van der Waals surface area contributed by atoms with Crippen LogP contribution in [0, 0.1) is 11.3 Å². The van der Waals surface area contributed by atoms with E-state index in [1.807, 2.05) is 39.0 Å². The first-order valence-corrected chi connectivity index (χ1v) is 7.65. The summed E-state index contributed by atoms with van der Waals surface area (Å²) >= 11 is -1.12. The lowest BCUT2D eigenvalue weighted by atomic mass is 9.74. The summed E-state index contributed by atoms with van der Waals surface area (Å²) in [5.41, 5.74) is 2.65. The largest absolute Gasteiger partial charge is 0.598 e. The molecule has 0 aliphatic heterocycles. The minimum atomic E-state index is -1.12. The van der Waals surface area contributed by atoms with Crippen LogP contribution in [0.15, 0.2) is 18.2 Å². The minimum absolute atomic E-state index is 0.293. The van der Waals surface area contributed by atoms with Gasteiger partial charge >= 0.3 is 0 Å². The lowest BCUT2D eigenvalue weighted by Gasteiger charge is -2.33. The predicted octanol–water partition coefficient (Wildman–Crippen LogP) is 1.34. The second-order valence-electron chi connectivity index (χ2n) is 6.26. The Balaban J connectivity index is 2.34. The Morgan fingerprint density at radius 3 is 2.74 bits per heavy atom. The molecular formula is C14H19BN2OS. The van der Waals surface area contributed by atoms with E-state index in [9.17, 15) is 4.55 Å². The van der Waals surface area contributed by atoms with Crippen LogP contribution in [0.3, 0.4) is 0 Å². The quantitative estimate of drug-likeness (QED) is 0.654. The molecule has 5 heteroatoms. The first-order valence-electron chi connectivity index (χ1n) is 6.50. The standard InChI is InChI=1S/C14H19BN2OS/c1-13(2,3)19(18)17-14(15)8-7-11-10(9-16)5-4-6-12(11)14/h4-6,17H,7-8,15H2,1-3H3/t14-,19?/m0/s1. The maximum atomic E-state index is 12.3. The summed E-state index contributed by atoms with van der Waals surface area (Å²) in [4.78, 5) is 0. The smallest absolute Gasteiger partial charge is 0.139 e. The van der Waals surface area contributed by atoms with Gasteiger partial charge in [-0.3, -0.25) is 0 Å². The molecule has 0 bridgehead atoms. The molecule has 1 aromatic rings. The number of nitrogens with zero attached hydrogens (tertiary/aromatic N) is 1. The van der Waals surface area contributed by atoms with Crippen LogP contribution in [-0.4, -0.2) is 17.1 Å². The molecule has 0 amide bonds. The van der Waals surface area contributed by atoms with Gasteiger partial charge in [-0.15, -0.1) is 4.72 Å². The highest BCUT2D eigenvalue weighted by Gasteiger charge is 2.41. The fraction of sp³-hybridized carbons (Fsp3) is 0.500. The van der Waals surface area contributed by atoms with Crippen molar-refractivity contribution in [3.63, 3.8) is 0 Å². The summed E-state index contributed by atoms with van der Waals surface area (Å²) in [5, 5.41) is 9.15. The average Bonchev–Trinajstić information content (AvgIpc) is 2.66. The van der Waals surface area contributed by atoms with Crippen molar-refractivity contribution in [1.29, 1.82) is 5.26 Å². The second kappa shape index (κ2) is 4.86. The third-order valence-corrected chi connectivity index (χ3v) is 5.39. The molecular weight excluding hydrogens is 255 g/mol. The van der Waals surface area contributed by atoms with E-state index in [0.717, 1.165) is 29.5 Å². The highest BCUT2D eigenvalue weighted by atomic mass is 32.2. The molecule has 0 radical (unpaired) electrons. The second-order valence-corrected chi connectivity index (χ2v) is 8.23. The van der Waals surface area contributed by atoms with Crippen molar-refractivity contribution in [1.82, 2.24) is 4.72 Å². The molecule has 0 aromatic heterocycles. The Morgan fingerprint density at radius 2 is 2.16 bits per heavy atom. The van der Waals surface area contributed by atoms with Gasteiger partial charge in [-0.05, 0) is 50.8 Å². The average molecular weight is 274 g/mol. The maximum absolute atomic E-state index is 12.3. The van der Waals surface area contributed by atoms with Gasteiger partial charge < -0.3 is 4.55 Å². The normalized spacial score (nSPS) is 23.7. The third kappa shape index (κ3) is 2.67. The number of fused-ring (bicyclic) bond motifs is 1. The summed E-state index contributed by atoms with van der Waals surface area (Å²) in [7, 11) is 2.07. The molecule has 1 aliphatic rings. The van der Waals surface area contributed by atoms with Crippen molar-refractivity contribution in [2.75, 3.05) is 0 Å². The summed E-state index contributed by atoms with van der Waals surface area (Å²) in [5.74, 6) is 0. The first kappa shape index (κ1) is 14.5. The molecule has 2 atom stereocenters. The van der Waals surface area contributed by atoms with Gasteiger partial charge in [0.1, 0.15) is 12.6 Å². The highest BCUT2D eigenvalue weighted by Crippen LogP contribution is 2.37. The van der Waals surface area contributed by atoms with E-state index < -0.39 is 11.4 Å². The fourth-order valence-electron chi connectivity index (χ4n) is 2.45.